The lowest BCUT2D eigenvalue weighted by molar-refractivity contribution is 0.0950. The molecule has 4 aromatic rings. The summed E-state index contributed by atoms with van der Waals surface area (Å²) in [6.45, 7) is 2.61. The molecule has 0 aliphatic rings. The summed E-state index contributed by atoms with van der Waals surface area (Å²) in [6, 6.07) is 12.3. The fourth-order valence-corrected chi connectivity index (χ4v) is 3.26. The third-order valence-corrected chi connectivity index (χ3v) is 4.99. The standard InChI is InChI=1S/C23H24N8O5/c1-4-11-35-16-7-5-14(6-8-16)20-19(26-30-31(20)22-21(24)28-36-29-22)23(32)27-25-13-15-12-17(33-2)9-10-18(15)34-3/h5-10,12-13H,4,11H2,1-3H3,(H2,24,28)(H,27,32)/b25-13+. The molecule has 3 N–H and O–H groups in total. The summed E-state index contributed by atoms with van der Waals surface area (Å²) in [6.07, 6.45) is 2.31. The zero-order chi connectivity index (χ0) is 25.5. The first-order chi connectivity index (χ1) is 17.5. The normalized spacial score (nSPS) is 11.0. The van der Waals surface area contributed by atoms with Gasteiger partial charge in [-0.3, -0.25) is 4.79 Å². The number of hydrogen-bond donors (Lipinski definition) is 2. The highest BCUT2D eigenvalue weighted by Gasteiger charge is 2.25. The number of methoxy groups -OCH3 is 2. The number of ether oxygens (including phenoxy) is 3. The van der Waals surface area contributed by atoms with Gasteiger partial charge in [0.1, 0.15) is 22.9 Å². The molecule has 0 aliphatic heterocycles. The van der Waals surface area contributed by atoms with Crippen molar-refractivity contribution < 1.29 is 23.6 Å². The minimum Gasteiger partial charge on any atom is -0.497 e. The first-order valence-corrected chi connectivity index (χ1v) is 10.9. The van der Waals surface area contributed by atoms with Crippen LogP contribution < -0.4 is 25.4 Å². The number of benzene rings is 2. The van der Waals surface area contributed by atoms with Gasteiger partial charge >= 0.3 is 0 Å². The van der Waals surface area contributed by atoms with E-state index in [-0.39, 0.29) is 17.3 Å². The molecule has 0 saturated carbocycles. The Kier molecular flexibility index (Phi) is 7.39. The van der Waals surface area contributed by atoms with E-state index in [4.69, 9.17) is 24.6 Å². The first-order valence-electron chi connectivity index (χ1n) is 10.9. The Hall–Kier alpha value is -4.94. The number of nitrogens with zero attached hydrogens (tertiary/aromatic N) is 6. The lowest BCUT2D eigenvalue weighted by atomic mass is 10.1. The fourth-order valence-electron chi connectivity index (χ4n) is 3.26. The zero-order valence-electron chi connectivity index (χ0n) is 19.8. The molecule has 2 aromatic carbocycles. The van der Waals surface area contributed by atoms with E-state index in [1.165, 1.54) is 18.0 Å². The molecule has 0 spiro atoms. The molecule has 1 amide bonds. The van der Waals surface area contributed by atoms with Crippen LogP contribution in [0.15, 0.2) is 52.2 Å². The Morgan fingerprint density at radius 3 is 2.58 bits per heavy atom. The quantitative estimate of drug-likeness (QED) is 0.248. The predicted molar refractivity (Wildman–Crippen MR) is 129 cm³/mol. The smallest absolute Gasteiger partial charge is 0.294 e. The fraction of sp³-hybridized carbons (Fsp3) is 0.217. The van der Waals surface area contributed by atoms with Crippen molar-refractivity contribution in [1.82, 2.24) is 30.7 Å². The van der Waals surface area contributed by atoms with Gasteiger partial charge in [0.25, 0.3) is 5.91 Å². The molecule has 0 aliphatic carbocycles. The molecule has 0 radical (unpaired) electrons. The Labute approximate surface area is 205 Å². The summed E-state index contributed by atoms with van der Waals surface area (Å²) < 4.78 is 22.2. The van der Waals surface area contributed by atoms with Gasteiger partial charge in [-0.1, -0.05) is 12.1 Å². The molecule has 36 heavy (non-hydrogen) atoms. The molecule has 2 heterocycles. The third kappa shape index (κ3) is 5.09. The maximum atomic E-state index is 13.1. The number of hydrazone groups is 1. The van der Waals surface area contributed by atoms with Crippen LogP contribution in [0.5, 0.6) is 17.2 Å². The summed E-state index contributed by atoms with van der Waals surface area (Å²) >= 11 is 0. The monoisotopic (exact) mass is 492 g/mol. The highest BCUT2D eigenvalue weighted by molar-refractivity contribution is 5.99. The minimum absolute atomic E-state index is 0.0147. The molecule has 0 unspecified atom stereocenters. The van der Waals surface area contributed by atoms with Crippen LogP contribution in [0.25, 0.3) is 17.1 Å². The van der Waals surface area contributed by atoms with Crippen LogP contribution in [-0.2, 0) is 0 Å². The number of amides is 1. The van der Waals surface area contributed by atoms with Gasteiger partial charge in [0.05, 0.1) is 27.0 Å². The van der Waals surface area contributed by atoms with Gasteiger partial charge in [-0.15, -0.1) is 5.10 Å². The zero-order valence-corrected chi connectivity index (χ0v) is 19.8. The molecule has 0 atom stereocenters. The van der Waals surface area contributed by atoms with Crippen LogP contribution in [-0.4, -0.2) is 58.3 Å². The highest BCUT2D eigenvalue weighted by atomic mass is 16.6. The maximum Gasteiger partial charge on any atom is 0.294 e. The van der Waals surface area contributed by atoms with Crippen molar-refractivity contribution in [3.63, 3.8) is 0 Å². The number of anilines is 1. The van der Waals surface area contributed by atoms with E-state index in [0.29, 0.717) is 40.7 Å². The summed E-state index contributed by atoms with van der Waals surface area (Å²) in [4.78, 5) is 13.1. The molecule has 2 aromatic heterocycles. The SMILES string of the molecule is CCCOc1ccc(-c2c(C(=O)N/N=C/c3cc(OC)ccc3OC)nnn2-c2nonc2N)cc1. The molecule has 0 saturated heterocycles. The number of nitrogens with two attached hydrogens (primary N) is 1. The Balaban J connectivity index is 1.65. The first kappa shape index (κ1) is 24.2. The van der Waals surface area contributed by atoms with E-state index in [0.717, 1.165) is 6.42 Å². The van der Waals surface area contributed by atoms with E-state index in [2.05, 4.69) is 31.2 Å². The van der Waals surface area contributed by atoms with Crippen LogP contribution in [0.2, 0.25) is 0 Å². The number of carbonyl (C=O) groups is 1. The number of rotatable bonds is 10. The van der Waals surface area contributed by atoms with Crippen LogP contribution in [0.3, 0.4) is 0 Å². The number of nitrogen functional groups attached to an aromatic ring is 1. The number of hydrogen-bond acceptors (Lipinski definition) is 11. The van der Waals surface area contributed by atoms with Gasteiger partial charge in [-0.05, 0) is 59.2 Å². The van der Waals surface area contributed by atoms with Crippen LogP contribution in [0.4, 0.5) is 5.82 Å². The second-order valence-electron chi connectivity index (χ2n) is 7.35. The maximum absolute atomic E-state index is 13.1. The van der Waals surface area contributed by atoms with Crippen molar-refractivity contribution in [2.24, 2.45) is 5.10 Å². The van der Waals surface area contributed by atoms with Crippen LogP contribution >= 0.6 is 0 Å². The molecule has 0 fully saturated rings. The van der Waals surface area contributed by atoms with Crippen molar-refractivity contribution in [2.75, 3.05) is 26.6 Å². The molecular formula is C23H24N8O5. The topological polar surface area (TPSA) is 165 Å². The van der Waals surface area contributed by atoms with Crippen LogP contribution in [0, 0.1) is 0 Å². The molecule has 186 valence electrons. The van der Waals surface area contributed by atoms with Gasteiger partial charge in [-0.25, -0.2) is 10.1 Å². The van der Waals surface area contributed by atoms with Crippen molar-refractivity contribution in [3.8, 4) is 34.3 Å². The van der Waals surface area contributed by atoms with Gasteiger partial charge in [0, 0.05) is 11.1 Å². The van der Waals surface area contributed by atoms with Crippen molar-refractivity contribution >= 4 is 17.9 Å². The van der Waals surface area contributed by atoms with Crippen molar-refractivity contribution in [3.05, 3.63) is 53.7 Å². The third-order valence-electron chi connectivity index (χ3n) is 4.99. The lowest BCUT2D eigenvalue weighted by Crippen LogP contribution is -2.19. The van der Waals surface area contributed by atoms with E-state index in [9.17, 15) is 4.79 Å². The van der Waals surface area contributed by atoms with Gasteiger partial charge < -0.3 is 19.9 Å². The van der Waals surface area contributed by atoms with Crippen molar-refractivity contribution in [2.45, 2.75) is 13.3 Å². The summed E-state index contributed by atoms with van der Waals surface area (Å²) in [5.41, 5.74) is 9.82. The molecule has 4 rings (SSSR count). The second-order valence-corrected chi connectivity index (χ2v) is 7.35. The molecular weight excluding hydrogens is 468 g/mol. The van der Waals surface area contributed by atoms with E-state index in [1.807, 2.05) is 6.92 Å². The average Bonchev–Trinajstić information content (AvgIpc) is 3.53. The Morgan fingerprint density at radius 2 is 1.92 bits per heavy atom. The van der Waals surface area contributed by atoms with E-state index >= 15 is 0 Å². The van der Waals surface area contributed by atoms with Gasteiger partial charge in [0.2, 0.25) is 11.6 Å². The van der Waals surface area contributed by atoms with Gasteiger partial charge in [-0.2, -0.15) is 9.78 Å². The molecule has 13 nitrogen and oxygen atoms in total. The molecule has 0 bridgehead atoms. The van der Waals surface area contributed by atoms with Gasteiger partial charge in [0.15, 0.2) is 5.69 Å². The Morgan fingerprint density at radius 1 is 1.14 bits per heavy atom. The average molecular weight is 492 g/mol. The van der Waals surface area contributed by atoms with E-state index in [1.54, 1.807) is 49.6 Å². The summed E-state index contributed by atoms with van der Waals surface area (Å²) in [5, 5.41) is 19.5. The minimum atomic E-state index is -0.615. The van der Waals surface area contributed by atoms with E-state index < -0.39 is 5.91 Å². The lowest BCUT2D eigenvalue weighted by Gasteiger charge is -2.08. The predicted octanol–water partition coefficient (Wildman–Crippen LogP) is 2.47. The number of nitrogens with one attached hydrogen (secondary N) is 1. The summed E-state index contributed by atoms with van der Waals surface area (Å²) in [5.74, 6) is 1.31. The second kappa shape index (κ2) is 11.0. The Bertz CT molecular complexity index is 1360. The largest absolute Gasteiger partial charge is 0.497 e. The number of carbonyl (C=O) groups excluding carboxylic acids is 1. The van der Waals surface area contributed by atoms with Crippen LogP contribution in [0.1, 0.15) is 29.4 Å². The van der Waals surface area contributed by atoms with Crippen molar-refractivity contribution in [1.29, 1.82) is 0 Å². The highest BCUT2D eigenvalue weighted by Crippen LogP contribution is 2.28. The molecule has 13 heteroatoms. The number of aromatic nitrogens is 5. The summed E-state index contributed by atoms with van der Waals surface area (Å²) in [7, 11) is 3.08.